The van der Waals surface area contributed by atoms with Gasteiger partial charge in [-0.3, -0.25) is 4.79 Å². The van der Waals surface area contributed by atoms with Crippen LogP contribution in [0.5, 0.6) is 0 Å². The first-order valence-corrected chi connectivity index (χ1v) is 8.67. The number of aromatic amines is 1. The zero-order chi connectivity index (χ0) is 15.6. The molecule has 21 heavy (non-hydrogen) atoms. The molecule has 0 fully saturated rings. The number of hydrogen-bond acceptors (Lipinski definition) is 3. The fourth-order valence-corrected chi connectivity index (χ4v) is 3.53. The van der Waals surface area contributed by atoms with Crippen molar-refractivity contribution in [2.24, 2.45) is 0 Å². The second-order valence-electron chi connectivity index (χ2n) is 5.25. The van der Waals surface area contributed by atoms with E-state index in [1.54, 1.807) is 13.0 Å². The molecular formula is C15H20N2O3S. The van der Waals surface area contributed by atoms with Crippen LogP contribution >= 0.6 is 0 Å². The molecule has 5 nitrogen and oxygen atoms in total. The van der Waals surface area contributed by atoms with E-state index in [-0.39, 0.29) is 5.75 Å². The number of fused-ring (bicyclic) bond motifs is 1. The molecule has 114 valence electrons. The summed E-state index contributed by atoms with van der Waals surface area (Å²) in [7, 11) is -3.39. The molecule has 0 aliphatic rings. The first-order valence-electron chi connectivity index (χ1n) is 6.95. The lowest BCUT2D eigenvalue weighted by atomic mass is 10.2. The lowest BCUT2D eigenvalue weighted by Crippen LogP contribution is -2.34. The Bertz CT molecular complexity index is 762. The van der Waals surface area contributed by atoms with Gasteiger partial charge in [0.05, 0.1) is 5.75 Å². The van der Waals surface area contributed by atoms with Crippen molar-refractivity contribution in [3.8, 4) is 0 Å². The summed E-state index contributed by atoms with van der Waals surface area (Å²) in [5, 5.41) is 2.62. The van der Waals surface area contributed by atoms with Gasteiger partial charge in [-0.05, 0) is 44.5 Å². The third-order valence-corrected chi connectivity index (χ3v) is 5.69. The fraction of sp³-hybridized carbons (Fsp3) is 0.400. The topological polar surface area (TPSA) is 79.0 Å². The monoisotopic (exact) mass is 308 g/mol. The molecule has 0 aliphatic carbocycles. The molecule has 0 bridgehead atoms. The van der Waals surface area contributed by atoms with Crippen LogP contribution in [-0.2, 0) is 14.6 Å². The number of benzene rings is 1. The van der Waals surface area contributed by atoms with E-state index in [1.165, 1.54) is 6.92 Å². The minimum Gasteiger partial charge on any atom is -0.359 e. The highest BCUT2D eigenvalue weighted by atomic mass is 32.2. The average molecular weight is 308 g/mol. The molecule has 1 aromatic carbocycles. The number of aromatic nitrogens is 1. The van der Waals surface area contributed by atoms with Crippen molar-refractivity contribution in [2.75, 3.05) is 11.1 Å². The molecule has 1 heterocycles. The van der Waals surface area contributed by atoms with Crippen LogP contribution in [0.4, 0.5) is 5.69 Å². The zero-order valence-electron chi connectivity index (χ0n) is 12.4. The maximum Gasteiger partial charge on any atom is 0.242 e. The van der Waals surface area contributed by atoms with Crippen molar-refractivity contribution < 1.29 is 13.2 Å². The van der Waals surface area contributed by atoms with Gasteiger partial charge in [-0.2, -0.15) is 0 Å². The van der Waals surface area contributed by atoms with Crippen molar-refractivity contribution in [2.45, 2.75) is 32.4 Å². The van der Waals surface area contributed by atoms with E-state index in [0.29, 0.717) is 12.1 Å². The van der Waals surface area contributed by atoms with Crippen LogP contribution in [0.15, 0.2) is 24.3 Å². The minimum atomic E-state index is -3.39. The Morgan fingerprint density at radius 1 is 1.33 bits per heavy atom. The summed E-state index contributed by atoms with van der Waals surface area (Å²) in [4.78, 5) is 15.3. The lowest BCUT2D eigenvalue weighted by molar-refractivity contribution is -0.115. The van der Waals surface area contributed by atoms with Gasteiger partial charge in [0.25, 0.3) is 0 Å². The molecule has 2 rings (SSSR count). The van der Waals surface area contributed by atoms with Crippen LogP contribution < -0.4 is 5.32 Å². The third kappa shape index (κ3) is 3.44. The van der Waals surface area contributed by atoms with E-state index < -0.39 is 21.0 Å². The van der Waals surface area contributed by atoms with Crippen molar-refractivity contribution in [1.29, 1.82) is 0 Å². The van der Waals surface area contributed by atoms with Gasteiger partial charge in [-0.15, -0.1) is 0 Å². The van der Waals surface area contributed by atoms with Gasteiger partial charge in [0, 0.05) is 22.3 Å². The fourth-order valence-electron chi connectivity index (χ4n) is 2.22. The van der Waals surface area contributed by atoms with Crippen molar-refractivity contribution in [1.82, 2.24) is 4.98 Å². The van der Waals surface area contributed by atoms with Gasteiger partial charge in [0.1, 0.15) is 5.25 Å². The van der Waals surface area contributed by atoms with E-state index in [9.17, 15) is 13.2 Å². The normalized spacial score (nSPS) is 13.3. The number of aryl methyl sites for hydroxylation is 1. The Morgan fingerprint density at radius 2 is 2.05 bits per heavy atom. The first-order chi connectivity index (χ1) is 9.83. The molecular weight excluding hydrogens is 288 g/mol. The molecule has 0 saturated heterocycles. The smallest absolute Gasteiger partial charge is 0.242 e. The Hall–Kier alpha value is -1.82. The van der Waals surface area contributed by atoms with E-state index >= 15 is 0 Å². The predicted molar refractivity (Wildman–Crippen MR) is 85.2 cm³/mol. The Balaban J connectivity index is 2.17. The zero-order valence-corrected chi connectivity index (χ0v) is 13.3. The van der Waals surface area contributed by atoms with E-state index in [0.717, 1.165) is 16.6 Å². The molecule has 1 aromatic heterocycles. The maximum absolute atomic E-state index is 12.1. The molecule has 1 amide bonds. The number of carbonyl (C=O) groups excluding carboxylic acids is 1. The molecule has 0 spiro atoms. The Kier molecular flexibility index (Phi) is 4.37. The molecule has 1 atom stereocenters. The number of rotatable bonds is 5. The van der Waals surface area contributed by atoms with E-state index in [2.05, 4.69) is 10.3 Å². The van der Waals surface area contributed by atoms with Crippen LogP contribution in [0, 0.1) is 6.92 Å². The summed E-state index contributed by atoms with van der Waals surface area (Å²) < 4.78 is 23.8. The number of anilines is 1. The molecule has 2 aromatic rings. The molecule has 0 aliphatic heterocycles. The minimum absolute atomic E-state index is 0.0254. The highest BCUT2D eigenvalue weighted by Crippen LogP contribution is 2.20. The highest BCUT2D eigenvalue weighted by molar-refractivity contribution is 7.92. The quantitative estimate of drug-likeness (QED) is 0.891. The van der Waals surface area contributed by atoms with Gasteiger partial charge < -0.3 is 10.3 Å². The number of nitrogens with one attached hydrogen (secondary N) is 2. The van der Waals surface area contributed by atoms with Crippen molar-refractivity contribution in [3.05, 3.63) is 30.0 Å². The van der Waals surface area contributed by atoms with Gasteiger partial charge in [0.2, 0.25) is 5.91 Å². The summed E-state index contributed by atoms with van der Waals surface area (Å²) in [6.07, 6.45) is 0.508. The molecule has 6 heteroatoms. The summed E-state index contributed by atoms with van der Waals surface area (Å²) in [6, 6.07) is 7.43. The second-order valence-corrected chi connectivity index (χ2v) is 7.69. The van der Waals surface area contributed by atoms with Gasteiger partial charge in [-0.25, -0.2) is 8.42 Å². The number of sulfone groups is 1. The SMILES string of the molecule is CCCS(=O)(=O)C(C)C(=O)Nc1ccc2[nH]c(C)cc2c1. The number of amides is 1. The number of hydrogen-bond donors (Lipinski definition) is 2. The third-order valence-electron chi connectivity index (χ3n) is 3.42. The van der Waals surface area contributed by atoms with Crippen LogP contribution in [0.1, 0.15) is 26.0 Å². The van der Waals surface area contributed by atoms with Crippen LogP contribution in [0.3, 0.4) is 0 Å². The number of H-pyrrole nitrogens is 1. The van der Waals surface area contributed by atoms with Crippen molar-refractivity contribution >= 4 is 32.3 Å². The largest absolute Gasteiger partial charge is 0.359 e. The summed E-state index contributed by atoms with van der Waals surface area (Å²) in [5.74, 6) is -0.465. The molecule has 1 unspecified atom stereocenters. The maximum atomic E-state index is 12.1. The van der Waals surface area contributed by atoms with Gasteiger partial charge >= 0.3 is 0 Å². The Morgan fingerprint density at radius 3 is 2.71 bits per heavy atom. The predicted octanol–water partition coefficient (Wildman–Crippen LogP) is 2.63. The average Bonchev–Trinajstić information content (AvgIpc) is 2.77. The lowest BCUT2D eigenvalue weighted by Gasteiger charge is -2.12. The molecule has 2 N–H and O–H groups in total. The van der Waals surface area contributed by atoms with Crippen molar-refractivity contribution in [3.63, 3.8) is 0 Å². The van der Waals surface area contributed by atoms with Gasteiger partial charge in [0.15, 0.2) is 9.84 Å². The van der Waals surface area contributed by atoms with Crippen LogP contribution in [0.2, 0.25) is 0 Å². The summed E-state index contributed by atoms with van der Waals surface area (Å²) >= 11 is 0. The van der Waals surface area contributed by atoms with Gasteiger partial charge in [-0.1, -0.05) is 6.92 Å². The standard InChI is InChI=1S/C15H20N2O3S/c1-4-7-21(19,20)11(3)15(18)17-13-5-6-14-12(9-13)8-10(2)16-14/h5-6,8-9,11,16H,4,7H2,1-3H3,(H,17,18). The second kappa shape index (κ2) is 5.89. The van der Waals surface area contributed by atoms with E-state index in [4.69, 9.17) is 0 Å². The first kappa shape index (κ1) is 15.6. The summed E-state index contributed by atoms with van der Waals surface area (Å²) in [5.41, 5.74) is 2.62. The Labute approximate surface area is 124 Å². The molecule has 0 radical (unpaired) electrons. The van der Waals surface area contributed by atoms with Crippen LogP contribution in [-0.4, -0.2) is 30.3 Å². The van der Waals surface area contributed by atoms with Crippen LogP contribution in [0.25, 0.3) is 10.9 Å². The molecule has 0 saturated carbocycles. The highest BCUT2D eigenvalue weighted by Gasteiger charge is 2.27. The van der Waals surface area contributed by atoms with E-state index in [1.807, 2.05) is 25.1 Å². The number of carbonyl (C=O) groups is 1. The summed E-state index contributed by atoms with van der Waals surface area (Å²) in [6.45, 7) is 5.17.